The van der Waals surface area contributed by atoms with E-state index in [1.54, 1.807) is 30.6 Å². The predicted molar refractivity (Wildman–Crippen MR) is 96.2 cm³/mol. The molecule has 3 heterocycles. The standard InChI is InChI=1S/C15H21N7O2S/c1-2-12-25(23,24)20-13-4-5-14(19-18-13)21-8-10-22(11-9-21)15-16-6-3-7-17-15/h3-7H,2,8-12H2,1H3,(H,18,20). The van der Waals surface area contributed by atoms with Crippen LogP contribution < -0.4 is 14.5 Å². The van der Waals surface area contributed by atoms with Crippen molar-refractivity contribution in [2.45, 2.75) is 13.3 Å². The quantitative estimate of drug-likeness (QED) is 0.801. The fourth-order valence-electron chi connectivity index (χ4n) is 2.62. The number of sulfonamides is 1. The number of nitrogens with zero attached hydrogens (tertiary/aromatic N) is 6. The first-order valence-corrected chi connectivity index (χ1v) is 9.84. The van der Waals surface area contributed by atoms with Crippen molar-refractivity contribution in [3.05, 3.63) is 30.6 Å². The van der Waals surface area contributed by atoms with Gasteiger partial charge in [-0.1, -0.05) is 6.92 Å². The molecule has 2 aromatic rings. The molecule has 0 radical (unpaired) electrons. The van der Waals surface area contributed by atoms with Crippen molar-refractivity contribution in [3.63, 3.8) is 0 Å². The lowest BCUT2D eigenvalue weighted by molar-refractivity contribution is 0.599. The Balaban J connectivity index is 1.59. The molecule has 25 heavy (non-hydrogen) atoms. The van der Waals surface area contributed by atoms with Crippen LogP contribution in [0, 0.1) is 0 Å². The van der Waals surface area contributed by atoms with Gasteiger partial charge >= 0.3 is 0 Å². The third-order valence-electron chi connectivity index (χ3n) is 3.82. The monoisotopic (exact) mass is 363 g/mol. The van der Waals surface area contributed by atoms with Crippen LogP contribution in [0.4, 0.5) is 17.6 Å². The zero-order chi connectivity index (χ0) is 17.7. The lowest BCUT2D eigenvalue weighted by Gasteiger charge is -2.35. The molecule has 1 saturated heterocycles. The molecule has 10 heteroatoms. The summed E-state index contributed by atoms with van der Waals surface area (Å²) in [5.41, 5.74) is 0. The number of aromatic nitrogens is 4. The molecule has 1 N–H and O–H groups in total. The summed E-state index contributed by atoms with van der Waals surface area (Å²) >= 11 is 0. The molecule has 0 unspecified atom stereocenters. The third-order valence-corrected chi connectivity index (χ3v) is 5.29. The zero-order valence-corrected chi connectivity index (χ0v) is 14.9. The van der Waals surface area contributed by atoms with Crippen molar-refractivity contribution in [2.75, 3.05) is 46.5 Å². The van der Waals surface area contributed by atoms with Gasteiger partial charge in [0.1, 0.15) is 0 Å². The molecule has 1 aliphatic rings. The van der Waals surface area contributed by atoms with Crippen LogP contribution in [-0.4, -0.2) is 60.5 Å². The van der Waals surface area contributed by atoms with Crippen LogP contribution in [0.15, 0.2) is 30.6 Å². The summed E-state index contributed by atoms with van der Waals surface area (Å²) in [5, 5.41) is 8.12. The van der Waals surface area contributed by atoms with Gasteiger partial charge in [-0.05, 0) is 24.6 Å². The SMILES string of the molecule is CCCS(=O)(=O)Nc1ccc(N2CCN(c3ncccn3)CC2)nn1. The molecule has 134 valence electrons. The smallest absolute Gasteiger partial charge is 0.233 e. The van der Waals surface area contributed by atoms with Crippen LogP contribution in [0.1, 0.15) is 13.3 Å². The average Bonchev–Trinajstić information content (AvgIpc) is 2.63. The number of anilines is 3. The number of piperazine rings is 1. The fraction of sp³-hybridized carbons (Fsp3) is 0.467. The lowest BCUT2D eigenvalue weighted by Crippen LogP contribution is -2.47. The number of hydrogen-bond acceptors (Lipinski definition) is 8. The molecule has 3 rings (SSSR count). The summed E-state index contributed by atoms with van der Waals surface area (Å²) < 4.78 is 25.9. The Labute approximate surface area is 147 Å². The van der Waals surface area contributed by atoms with E-state index < -0.39 is 10.0 Å². The second-order valence-electron chi connectivity index (χ2n) is 5.72. The van der Waals surface area contributed by atoms with Crippen LogP contribution in [-0.2, 0) is 10.0 Å². The lowest BCUT2D eigenvalue weighted by atomic mass is 10.3. The zero-order valence-electron chi connectivity index (χ0n) is 14.0. The van der Waals surface area contributed by atoms with Crippen molar-refractivity contribution in [1.29, 1.82) is 0 Å². The highest BCUT2D eigenvalue weighted by Gasteiger charge is 2.20. The summed E-state index contributed by atoms with van der Waals surface area (Å²) in [4.78, 5) is 12.8. The third kappa shape index (κ3) is 4.53. The van der Waals surface area contributed by atoms with Crippen LogP contribution in [0.2, 0.25) is 0 Å². The molecule has 0 saturated carbocycles. The van der Waals surface area contributed by atoms with Crippen LogP contribution >= 0.6 is 0 Å². The van der Waals surface area contributed by atoms with E-state index in [2.05, 4.69) is 34.7 Å². The van der Waals surface area contributed by atoms with Crippen LogP contribution in [0.25, 0.3) is 0 Å². The first kappa shape index (κ1) is 17.3. The summed E-state index contributed by atoms with van der Waals surface area (Å²) in [5.74, 6) is 1.77. The van der Waals surface area contributed by atoms with Gasteiger partial charge in [-0.3, -0.25) is 4.72 Å². The minimum Gasteiger partial charge on any atom is -0.352 e. The maximum Gasteiger partial charge on any atom is 0.233 e. The van der Waals surface area contributed by atoms with Crippen molar-refractivity contribution in [1.82, 2.24) is 20.2 Å². The average molecular weight is 363 g/mol. The predicted octanol–water partition coefficient (Wildman–Crippen LogP) is 0.745. The Morgan fingerprint density at radius 1 is 1.04 bits per heavy atom. The van der Waals surface area contributed by atoms with E-state index in [0.717, 1.165) is 37.9 Å². The van der Waals surface area contributed by atoms with Crippen molar-refractivity contribution >= 4 is 27.6 Å². The minimum atomic E-state index is -3.35. The van der Waals surface area contributed by atoms with E-state index in [-0.39, 0.29) is 11.6 Å². The van der Waals surface area contributed by atoms with Gasteiger partial charge in [-0.2, -0.15) is 0 Å². The Hall–Kier alpha value is -2.49. The van der Waals surface area contributed by atoms with Gasteiger partial charge in [0.25, 0.3) is 0 Å². The Morgan fingerprint density at radius 2 is 1.72 bits per heavy atom. The number of hydrogen-bond donors (Lipinski definition) is 1. The molecule has 0 amide bonds. The number of nitrogens with one attached hydrogen (secondary N) is 1. The number of rotatable bonds is 6. The highest BCUT2D eigenvalue weighted by atomic mass is 32.2. The van der Waals surface area contributed by atoms with Crippen molar-refractivity contribution in [3.8, 4) is 0 Å². The molecule has 1 aliphatic heterocycles. The Bertz CT molecular complexity index is 775. The molecule has 0 aliphatic carbocycles. The van der Waals surface area contributed by atoms with E-state index in [9.17, 15) is 8.42 Å². The summed E-state index contributed by atoms with van der Waals surface area (Å²) in [6.07, 6.45) is 4.02. The molecular weight excluding hydrogens is 342 g/mol. The van der Waals surface area contributed by atoms with E-state index in [4.69, 9.17) is 0 Å². The molecule has 2 aromatic heterocycles. The van der Waals surface area contributed by atoms with Gasteiger partial charge in [-0.25, -0.2) is 18.4 Å². The highest BCUT2D eigenvalue weighted by Crippen LogP contribution is 2.17. The topological polar surface area (TPSA) is 104 Å². The van der Waals surface area contributed by atoms with E-state index >= 15 is 0 Å². The first-order valence-electron chi connectivity index (χ1n) is 8.18. The van der Waals surface area contributed by atoms with Crippen LogP contribution in [0.3, 0.4) is 0 Å². The second kappa shape index (κ2) is 7.60. The van der Waals surface area contributed by atoms with Crippen molar-refractivity contribution in [2.24, 2.45) is 0 Å². The normalized spacial score (nSPS) is 15.2. The molecule has 0 atom stereocenters. The largest absolute Gasteiger partial charge is 0.352 e. The second-order valence-corrected chi connectivity index (χ2v) is 7.56. The van der Waals surface area contributed by atoms with Gasteiger partial charge in [0, 0.05) is 38.6 Å². The van der Waals surface area contributed by atoms with Crippen LogP contribution in [0.5, 0.6) is 0 Å². The van der Waals surface area contributed by atoms with Gasteiger partial charge < -0.3 is 9.80 Å². The molecule has 0 bridgehead atoms. The molecular formula is C15H21N7O2S. The van der Waals surface area contributed by atoms with Gasteiger partial charge in [0.05, 0.1) is 5.75 Å². The maximum atomic E-state index is 11.8. The van der Waals surface area contributed by atoms with E-state index in [0.29, 0.717) is 6.42 Å². The minimum absolute atomic E-state index is 0.0694. The Kier molecular flexibility index (Phi) is 5.27. The van der Waals surface area contributed by atoms with Gasteiger partial charge in [0.2, 0.25) is 16.0 Å². The molecule has 0 aromatic carbocycles. The van der Waals surface area contributed by atoms with Crippen molar-refractivity contribution < 1.29 is 8.42 Å². The fourth-order valence-corrected chi connectivity index (χ4v) is 3.68. The summed E-state index contributed by atoms with van der Waals surface area (Å²) in [6, 6.07) is 5.22. The first-order chi connectivity index (χ1) is 12.1. The highest BCUT2D eigenvalue weighted by molar-refractivity contribution is 7.92. The Morgan fingerprint density at radius 3 is 2.32 bits per heavy atom. The van der Waals surface area contributed by atoms with E-state index in [1.807, 2.05) is 6.92 Å². The summed E-state index contributed by atoms with van der Waals surface area (Å²) in [7, 11) is -3.35. The maximum absolute atomic E-state index is 11.8. The van der Waals surface area contributed by atoms with Gasteiger partial charge in [-0.15, -0.1) is 10.2 Å². The van der Waals surface area contributed by atoms with Gasteiger partial charge in [0.15, 0.2) is 11.6 Å². The molecule has 1 fully saturated rings. The van der Waals surface area contributed by atoms with E-state index in [1.165, 1.54) is 0 Å². The molecule has 9 nitrogen and oxygen atoms in total. The summed E-state index contributed by atoms with van der Waals surface area (Å²) in [6.45, 7) is 4.93. The molecule has 0 spiro atoms.